The molecule has 0 aliphatic rings. The minimum atomic E-state index is -0.201. The van der Waals surface area contributed by atoms with Crippen LogP contribution in [0.15, 0.2) is 67.0 Å². The van der Waals surface area contributed by atoms with Gasteiger partial charge in [-0.3, -0.25) is 9.48 Å². The second kappa shape index (κ2) is 10.5. The zero-order valence-corrected chi connectivity index (χ0v) is 16.6. The van der Waals surface area contributed by atoms with Crippen LogP contribution < -0.4 is 14.8 Å². The molecular formula is C23H22N4O3. The molecule has 0 saturated carbocycles. The Kier molecular flexibility index (Phi) is 7.23. The van der Waals surface area contributed by atoms with Gasteiger partial charge in [0.1, 0.15) is 6.07 Å². The molecule has 0 unspecified atom stereocenters. The van der Waals surface area contributed by atoms with Crippen LogP contribution in [0.4, 0.5) is 0 Å². The van der Waals surface area contributed by atoms with E-state index in [4.69, 9.17) is 14.7 Å². The number of amides is 1. The molecule has 0 bridgehead atoms. The van der Waals surface area contributed by atoms with Crippen LogP contribution in [0.2, 0.25) is 0 Å². The van der Waals surface area contributed by atoms with E-state index in [-0.39, 0.29) is 12.5 Å². The standard InChI is InChI=1S/C23H22N4O3/c1-29-22-15-18(7-9-21(22)30-14-11-24)8-10-23(28)25-16-19-5-2-3-6-20(19)17-27-13-4-12-26-27/h2-10,12-13,15H,14,16-17H2,1H3,(H,25,28)/b10-8+. The van der Waals surface area contributed by atoms with Crippen molar-refractivity contribution in [1.82, 2.24) is 15.1 Å². The van der Waals surface area contributed by atoms with E-state index >= 15 is 0 Å². The largest absolute Gasteiger partial charge is 0.493 e. The second-order valence-electron chi connectivity index (χ2n) is 6.38. The summed E-state index contributed by atoms with van der Waals surface area (Å²) in [4.78, 5) is 12.3. The molecule has 0 aliphatic heterocycles. The number of hydrogen-bond acceptors (Lipinski definition) is 5. The van der Waals surface area contributed by atoms with Gasteiger partial charge >= 0.3 is 0 Å². The van der Waals surface area contributed by atoms with Crippen LogP contribution in [-0.2, 0) is 17.9 Å². The maximum Gasteiger partial charge on any atom is 0.244 e. The van der Waals surface area contributed by atoms with Gasteiger partial charge in [-0.25, -0.2) is 0 Å². The fourth-order valence-corrected chi connectivity index (χ4v) is 2.88. The lowest BCUT2D eigenvalue weighted by Crippen LogP contribution is -2.21. The van der Waals surface area contributed by atoms with E-state index in [1.807, 2.05) is 47.3 Å². The Labute approximate surface area is 175 Å². The molecule has 0 fully saturated rings. The third kappa shape index (κ3) is 5.72. The second-order valence-corrected chi connectivity index (χ2v) is 6.38. The highest BCUT2D eigenvalue weighted by Gasteiger charge is 2.06. The predicted molar refractivity (Wildman–Crippen MR) is 113 cm³/mol. The number of aromatic nitrogens is 2. The summed E-state index contributed by atoms with van der Waals surface area (Å²) in [6, 6.07) is 17.0. The van der Waals surface area contributed by atoms with Crippen LogP contribution in [0.1, 0.15) is 16.7 Å². The number of carbonyl (C=O) groups is 1. The van der Waals surface area contributed by atoms with Gasteiger partial charge in [0.15, 0.2) is 18.1 Å². The van der Waals surface area contributed by atoms with Crippen molar-refractivity contribution in [1.29, 1.82) is 5.26 Å². The molecule has 0 spiro atoms. The third-order valence-corrected chi connectivity index (χ3v) is 4.37. The van der Waals surface area contributed by atoms with Crippen LogP contribution >= 0.6 is 0 Å². The summed E-state index contributed by atoms with van der Waals surface area (Å²) in [7, 11) is 1.52. The summed E-state index contributed by atoms with van der Waals surface area (Å²) in [5.74, 6) is 0.780. The summed E-state index contributed by atoms with van der Waals surface area (Å²) in [5, 5.41) is 15.8. The van der Waals surface area contributed by atoms with E-state index in [2.05, 4.69) is 10.4 Å². The minimum absolute atomic E-state index is 0.0597. The molecule has 3 rings (SSSR count). The van der Waals surface area contributed by atoms with Gasteiger partial charge in [-0.05, 0) is 41.0 Å². The molecule has 1 amide bonds. The van der Waals surface area contributed by atoms with Gasteiger partial charge in [0, 0.05) is 25.0 Å². The number of hydrogen-bond donors (Lipinski definition) is 1. The van der Waals surface area contributed by atoms with Gasteiger partial charge in [0.05, 0.1) is 13.7 Å². The van der Waals surface area contributed by atoms with Crippen molar-refractivity contribution in [3.63, 3.8) is 0 Å². The Hall–Kier alpha value is -4.05. The van der Waals surface area contributed by atoms with Gasteiger partial charge < -0.3 is 14.8 Å². The Bertz CT molecular complexity index is 1050. The van der Waals surface area contributed by atoms with Crippen LogP contribution in [0.25, 0.3) is 6.08 Å². The van der Waals surface area contributed by atoms with Crippen LogP contribution in [0, 0.1) is 11.3 Å². The van der Waals surface area contributed by atoms with Crippen LogP contribution in [0.5, 0.6) is 11.5 Å². The molecule has 7 nitrogen and oxygen atoms in total. The normalized spacial score (nSPS) is 10.5. The average Bonchev–Trinajstić information content (AvgIpc) is 3.29. The first-order chi connectivity index (χ1) is 14.7. The van der Waals surface area contributed by atoms with E-state index in [1.54, 1.807) is 30.5 Å². The van der Waals surface area contributed by atoms with E-state index in [9.17, 15) is 4.79 Å². The van der Waals surface area contributed by atoms with Gasteiger partial charge in [-0.2, -0.15) is 10.4 Å². The molecule has 0 atom stereocenters. The summed E-state index contributed by atoms with van der Waals surface area (Å²) in [5.41, 5.74) is 2.92. The molecule has 3 aromatic rings. The number of carbonyl (C=O) groups excluding carboxylic acids is 1. The molecule has 7 heteroatoms. The molecule has 1 N–H and O–H groups in total. The van der Waals surface area contributed by atoms with Crippen LogP contribution in [0.3, 0.4) is 0 Å². The third-order valence-electron chi connectivity index (χ3n) is 4.37. The van der Waals surface area contributed by atoms with E-state index in [0.29, 0.717) is 24.6 Å². The Morgan fingerprint density at radius 2 is 2.03 bits per heavy atom. The molecular weight excluding hydrogens is 380 g/mol. The van der Waals surface area contributed by atoms with Crippen molar-refractivity contribution in [3.8, 4) is 17.6 Å². The van der Waals surface area contributed by atoms with Gasteiger partial charge in [-0.1, -0.05) is 30.3 Å². The zero-order chi connectivity index (χ0) is 21.2. The number of nitrogens with zero attached hydrogens (tertiary/aromatic N) is 3. The number of benzene rings is 2. The molecule has 152 valence electrons. The van der Waals surface area contributed by atoms with E-state index in [0.717, 1.165) is 16.7 Å². The Balaban J connectivity index is 1.60. The molecule has 0 radical (unpaired) electrons. The number of methoxy groups -OCH3 is 1. The van der Waals surface area contributed by atoms with Crippen molar-refractivity contribution in [2.24, 2.45) is 0 Å². The fraction of sp³-hybridized carbons (Fsp3) is 0.174. The summed E-state index contributed by atoms with van der Waals surface area (Å²) in [6.07, 6.45) is 6.82. The molecule has 1 aromatic heterocycles. The molecule has 0 saturated heterocycles. The predicted octanol–water partition coefficient (Wildman–Crippen LogP) is 3.17. The SMILES string of the molecule is COc1cc(/C=C/C(=O)NCc2ccccc2Cn2cccn2)ccc1OCC#N. The topological polar surface area (TPSA) is 89.2 Å². The molecule has 2 aromatic carbocycles. The van der Waals surface area contributed by atoms with Crippen molar-refractivity contribution < 1.29 is 14.3 Å². The first-order valence-corrected chi connectivity index (χ1v) is 9.37. The number of ether oxygens (including phenoxy) is 2. The maximum atomic E-state index is 12.3. The maximum absolute atomic E-state index is 12.3. The number of nitriles is 1. The molecule has 0 aliphatic carbocycles. The Morgan fingerprint density at radius 1 is 1.20 bits per heavy atom. The van der Waals surface area contributed by atoms with Crippen molar-refractivity contribution in [3.05, 3.63) is 83.7 Å². The van der Waals surface area contributed by atoms with Crippen molar-refractivity contribution in [2.45, 2.75) is 13.1 Å². The monoisotopic (exact) mass is 402 g/mol. The van der Waals surface area contributed by atoms with Crippen molar-refractivity contribution >= 4 is 12.0 Å². The smallest absolute Gasteiger partial charge is 0.244 e. The Morgan fingerprint density at radius 3 is 2.77 bits per heavy atom. The lowest BCUT2D eigenvalue weighted by Gasteiger charge is -2.10. The molecule has 30 heavy (non-hydrogen) atoms. The number of rotatable bonds is 9. The van der Waals surface area contributed by atoms with Gasteiger partial charge in [0.2, 0.25) is 5.91 Å². The lowest BCUT2D eigenvalue weighted by atomic mass is 10.1. The van der Waals surface area contributed by atoms with Gasteiger partial charge in [0.25, 0.3) is 0 Å². The molecule has 1 heterocycles. The van der Waals surface area contributed by atoms with E-state index < -0.39 is 0 Å². The van der Waals surface area contributed by atoms with Crippen LogP contribution in [-0.4, -0.2) is 29.4 Å². The minimum Gasteiger partial charge on any atom is -0.493 e. The fourth-order valence-electron chi connectivity index (χ4n) is 2.88. The summed E-state index contributed by atoms with van der Waals surface area (Å²) >= 11 is 0. The summed E-state index contributed by atoms with van der Waals surface area (Å²) < 4.78 is 12.4. The lowest BCUT2D eigenvalue weighted by molar-refractivity contribution is -0.116. The zero-order valence-electron chi connectivity index (χ0n) is 16.6. The average molecular weight is 402 g/mol. The first kappa shape index (κ1) is 20.7. The van der Waals surface area contributed by atoms with E-state index in [1.165, 1.54) is 13.2 Å². The number of nitrogens with one attached hydrogen (secondary N) is 1. The highest BCUT2D eigenvalue weighted by Crippen LogP contribution is 2.28. The summed E-state index contributed by atoms with van der Waals surface area (Å²) in [6.45, 7) is 1.01. The highest BCUT2D eigenvalue weighted by molar-refractivity contribution is 5.91. The first-order valence-electron chi connectivity index (χ1n) is 9.37. The quantitative estimate of drug-likeness (QED) is 0.555. The highest BCUT2D eigenvalue weighted by atomic mass is 16.5. The van der Waals surface area contributed by atoms with Crippen molar-refractivity contribution in [2.75, 3.05) is 13.7 Å². The van der Waals surface area contributed by atoms with Gasteiger partial charge in [-0.15, -0.1) is 0 Å².